The zero-order valence-electron chi connectivity index (χ0n) is 16.9. The lowest BCUT2D eigenvalue weighted by Gasteiger charge is -2.25. The molecule has 0 saturated carbocycles. The summed E-state index contributed by atoms with van der Waals surface area (Å²) in [6.45, 7) is 3.47. The second kappa shape index (κ2) is 7.84. The minimum absolute atomic E-state index is 0.102. The number of furan rings is 1. The minimum Gasteiger partial charge on any atom is -0.503 e. The fourth-order valence-corrected chi connectivity index (χ4v) is 4.46. The number of aryl methyl sites for hydroxylation is 2. The zero-order chi connectivity index (χ0) is 22.3. The summed E-state index contributed by atoms with van der Waals surface area (Å²) < 4.78 is 10.3. The van der Waals surface area contributed by atoms with Crippen LogP contribution in [0.3, 0.4) is 0 Å². The van der Waals surface area contributed by atoms with Crippen molar-refractivity contribution >= 4 is 34.7 Å². The summed E-state index contributed by atoms with van der Waals surface area (Å²) in [6, 6.07) is 8.42. The van der Waals surface area contributed by atoms with Crippen molar-refractivity contribution in [3.8, 4) is 0 Å². The Morgan fingerprint density at radius 1 is 1.23 bits per heavy atom. The predicted octanol–water partition coefficient (Wildman–Crippen LogP) is 3.92. The maximum Gasteiger partial charge on any atom is 0.337 e. The van der Waals surface area contributed by atoms with Crippen molar-refractivity contribution < 1.29 is 28.6 Å². The van der Waals surface area contributed by atoms with Gasteiger partial charge in [0.2, 0.25) is 5.78 Å². The number of methoxy groups -OCH3 is 1. The first-order valence-electron chi connectivity index (χ1n) is 9.30. The Hall–Kier alpha value is -3.72. The summed E-state index contributed by atoms with van der Waals surface area (Å²) >= 11 is 1.19. The van der Waals surface area contributed by atoms with E-state index in [9.17, 15) is 19.5 Å². The Balaban J connectivity index is 1.85. The van der Waals surface area contributed by atoms with Crippen molar-refractivity contribution in [1.29, 1.82) is 0 Å². The van der Waals surface area contributed by atoms with Crippen LogP contribution in [-0.2, 0) is 9.53 Å². The van der Waals surface area contributed by atoms with E-state index in [0.29, 0.717) is 27.0 Å². The van der Waals surface area contributed by atoms with Gasteiger partial charge < -0.3 is 14.3 Å². The average molecular weight is 438 g/mol. The predicted molar refractivity (Wildman–Crippen MR) is 112 cm³/mol. The molecule has 0 fully saturated rings. The molecule has 0 saturated heterocycles. The van der Waals surface area contributed by atoms with Gasteiger partial charge in [0, 0.05) is 5.69 Å². The number of carbonyl (C=O) groups is 3. The maximum atomic E-state index is 13.4. The summed E-state index contributed by atoms with van der Waals surface area (Å²) in [5.74, 6) is -2.22. The Morgan fingerprint density at radius 2 is 2.00 bits per heavy atom. The molecule has 8 nitrogen and oxygen atoms in total. The van der Waals surface area contributed by atoms with Gasteiger partial charge in [-0.2, -0.15) is 0 Å². The summed E-state index contributed by atoms with van der Waals surface area (Å²) in [6.07, 6.45) is 1.42. The van der Waals surface area contributed by atoms with Gasteiger partial charge in [0.1, 0.15) is 11.8 Å². The number of carbonyl (C=O) groups excluding carboxylic acids is 3. The van der Waals surface area contributed by atoms with Crippen molar-refractivity contribution in [2.45, 2.75) is 19.9 Å². The van der Waals surface area contributed by atoms with Crippen LogP contribution in [0, 0.1) is 13.8 Å². The smallest absolute Gasteiger partial charge is 0.337 e. The van der Waals surface area contributed by atoms with E-state index in [4.69, 9.17) is 9.15 Å². The molecule has 158 valence electrons. The molecule has 1 aliphatic heterocycles. The highest BCUT2D eigenvalue weighted by Crippen LogP contribution is 2.43. The lowest BCUT2D eigenvalue weighted by molar-refractivity contribution is -0.117. The molecule has 31 heavy (non-hydrogen) atoms. The molecule has 4 rings (SSSR count). The maximum absolute atomic E-state index is 13.4. The van der Waals surface area contributed by atoms with Gasteiger partial charge in [0.25, 0.3) is 5.91 Å². The number of ketones is 1. The quantitative estimate of drug-likeness (QED) is 0.475. The Morgan fingerprint density at radius 3 is 2.61 bits per heavy atom. The molecule has 1 atom stereocenters. The van der Waals surface area contributed by atoms with E-state index >= 15 is 0 Å². The Bertz CT molecular complexity index is 1220. The first kappa shape index (κ1) is 20.5. The van der Waals surface area contributed by atoms with Gasteiger partial charge in [-0.25, -0.2) is 9.78 Å². The van der Waals surface area contributed by atoms with Crippen molar-refractivity contribution in [1.82, 2.24) is 4.98 Å². The van der Waals surface area contributed by atoms with E-state index in [2.05, 4.69) is 4.98 Å². The lowest BCUT2D eigenvalue weighted by atomic mass is 9.99. The lowest BCUT2D eigenvalue weighted by Crippen LogP contribution is -2.31. The molecule has 1 N–H and O–H groups in total. The third-order valence-corrected chi connectivity index (χ3v) is 5.99. The SMILES string of the molecule is COC(=O)c1cccc(N2C(=O)C(O)=C(C(=O)c3sc(C)nc3C)C2c2ccco2)c1. The fraction of sp³-hybridized carbons (Fsp3) is 0.182. The van der Waals surface area contributed by atoms with E-state index in [1.54, 1.807) is 44.2 Å². The molecule has 1 aromatic carbocycles. The number of hydrogen-bond donors (Lipinski definition) is 1. The third-order valence-electron chi connectivity index (χ3n) is 4.92. The molecular weight excluding hydrogens is 420 g/mol. The summed E-state index contributed by atoms with van der Waals surface area (Å²) in [4.78, 5) is 44.3. The van der Waals surface area contributed by atoms with E-state index in [0.717, 1.165) is 0 Å². The largest absolute Gasteiger partial charge is 0.503 e. The fourth-order valence-electron chi connectivity index (χ4n) is 3.58. The first-order chi connectivity index (χ1) is 14.8. The molecule has 0 spiro atoms. The Labute approximate surface area is 181 Å². The van der Waals surface area contributed by atoms with E-state index in [1.807, 2.05) is 0 Å². The number of ether oxygens (including phenoxy) is 1. The number of rotatable bonds is 5. The molecule has 3 heterocycles. The van der Waals surface area contributed by atoms with E-state index in [1.165, 1.54) is 35.7 Å². The molecule has 1 unspecified atom stereocenters. The second-order valence-corrected chi connectivity index (χ2v) is 8.08. The average Bonchev–Trinajstić information content (AvgIpc) is 3.46. The van der Waals surface area contributed by atoms with Crippen LogP contribution in [0.5, 0.6) is 0 Å². The normalized spacial score (nSPS) is 16.2. The molecular formula is C22H18N2O6S. The van der Waals surface area contributed by atoms with Crippen molar-refractivity contribution in [2.75, 3.05) is 12.0 Å². The number of anilines is 1. The highest BCUT2D eigenvalue weighted by Gasteiger charge is 2.46. The number of aliphatic hydroxyl groups excluding tert-OH is 1. The van der Waals surface area contributed by atoms with Crippen LogP contribution in [-0.4, -0.2) is 34.9 Å². The van der Waals surface area contributed by atoms with Crippen LogP contribution in [0.25, 0.3) is 0 Å². The molecule has 0 radical (unpaired) electrons. The number of esters is 1. The highest BCUT2D eigenvalue weighted by atomic mass is 32.1. The van der Waals surface area contributed by atoms with Gasteiger partial charge in [0.05, 0.1) is 40.1 Å². The number of amides is 1. The molecule has 9 heteroatoms. The van der Waals surface area contributed by atoms with E-state index < -0.39 is 29.5 Å². The number of benzene rings is 1. The number of aliphatic hydroxyl groups is 1. The first-order valence-corrected chi connectivity index (χ1v) is 10.1. The number of Topliss-reactive ketones (excluding diaryl/α,β-unsaturated/α-hetero) is 1. The zero-order valence-corrected chi connectivity index (χ0v) is 17.7. The monoisotopic (exact) mass is 438 g/mol. The molecule has 0 aliphatic carbocycles. The van der Waals surface area contributed by atoms with Gasteiger partial charge in [-0.05, 0) is 44.2 Å². The Kier molecular flexibility index (Phi) is 5.20. The van der Waals surface area contributed by atoms with Crippen LogP contribution in [0.15, 0.2) is 58.4 Å². The number of hydrogen-bond acceptors (Lipinski definition) is 8. The van der Waals surface area contributed by atoms with E-state index in [-0.39, 0.29) is 11.1 Å². The molecule has 0 bridgehead atoms. The van der Waals surface area contributed by atoms with Crippen LogP contribution in [0.4, 0.5) is 5.69 Å². The number of nitrogens with zero attached hydrogens (tertiary/aromatic N) is 2. The molecule has 3 aromatic rings. The topological polar surface area (TPSA) is 110 Å². The minimum atomic E-state index is -1.01. The van der Waals surface area contributed by atoms with Crippen LogP contribution in [0.2, 0.25) is 0 Å². The summed E-state index contributed by atoms with van der Waals surface area (Å²) in [7, 11) is 1.26. The van der Waals surface area contributed by atoms with Crippen LogP contribution in [0.1, 0.15) is 42.5 Å². The van der Waals surface area contributed by atoms with Crippen LogP contribution < -0.4 is 4.90 Å². The van der Waals surface area contributed by atoms with Crippen molar-refractivity contribution in [3.05, 3.63) is 80.9 Å². The molecule has 2 aromatic heterocycles. The highest BCUT2D eigenvalue weighted by molar-refractivity contribution is 7.14. The van der Waals surface area contributed by atoms with Gasteiger partial charge in [-0.3, -0.25) is 14.5 Å². The molecule has 1 amide bonds. The summed E-state index contributed by atoms with van der Waals surface area (Å²) in [5, 5.41) is 11.4. The number of aromatic nitrogens is 1. The van der Waals surface area contributed by atoms with Crippen LogP contribution >= 0.6 is 11.3 Å². The van der Waals surface area contributed by atoms with Crippen molar-refractivity contribution in [2.24, 2.45) is 0 Å². The number of thiazole rings is 1. The summed E-state index contributed by atoms with van der Waals surface area (Å²) in [5.41, 5.74) is 0.944. The standard InChI is InChI=1S/C22H18N2O6S/c1-11-20(31-12(2)23-11)18(25)16-17(15-8-5-9-30-15)24(21(27)19(16)26)14-7-4-6-13(10-14)22(28)29-3/h4-10,17,26H,1-3H3. The van der Waals surface area contributed by atoms with Gasteiger partial charge in [-0.1, -0.05) is 6.07 Å². The second-order valence-electron chi connectivity index (χ2n) is 6.87. The van der Waals surface area contributed by atoms with Crippen molar-refractivity contribution in [3.63, 3.8) is 0 Å². The van der Waals surface area contributed by atoms with Gasteiger partial charge in [-0.15, -0.1) is 11.3 Å². The third kappa shape index (κ3) is 3.42. The molecule has 1 aliphatic rings. The van der Waals surface area contributed by atoms with Gasteiger partial charge in [0.15, 0.2) is 5.76 Å². The van der Waals surface area contributed by atoms with Gasteiger partial charge >= 0.3 is 5.97 Å².